The van der Waals surface area contributed by atoms with Crippen molar-refractivity contribution in [2.75, 3.05) is 17.3 Å². The second-order valence-electron chi connectivity index (χ2n) is 20.5. The fraction of sp³-hybridized carbons (Fsp3) is 0.625. The lowest BCUT2D eigenvalue weighted by Crippen LogP contribution is -2.74. The van der Waals surface area contributed by atoms with E-state index in [2.05, 4.69) is 0 Å². The van der Waals surface area contributed by atoms with Crippen LogP contribution in [0.2, 0.25) is 0 Å². The van der Waals surface area contributed by atoms with Gasteiger partial charge < -0.3 is 0 Å². The summed E-state index contributed by atoms with van der Waals surface area (Å²) in [5.41, 5.74) is 0. The van der Waals surface area contributed by atoms with Crippen LogP contribution in [-0.4, -0.2) is 160 Å². The molecule has 0 heterocycles. The lowest BCUT2D eigenvalue weighted by Gasteiger charge is -2.42. The second kappa shape index (κ2) is 27.6. The SMILES string of the molecule is FC(F)(F)C(F)(F)C(F)(F)C(F)(F)C(F)(F)C(F)(F)C(F)(F)C(F)(F)CCSc1ccccc1P(c1ccccc1SCCC(F)(F)C(F)(F)C(F)(F)C(F)(F)C(F)(F)C(F)(F)C(F)(F)C(F)(F)F)c1ccccc1SCCC(F)(F)C(F)(F)C(F)(F)C(F)(F)C(F)(F)C(F)(F)C(F)(F)C(F)(F)F. The van der Waals surface area contributed by atoms with Crippen LogP contribution in [0.5, 0.6) is 0 Å². The van der Waals surface area contributed by atoms with E-state index in [1.165, 1.54) is 0 Å². The third-order valence-electron chi connectivity index (χ3n) is 13.7. The number of hydrogen-bond acceptors (Lipinski definition) is 3. The Morgan fingerprint density at radius 3 is 0.476 bits per heavy atom. The summed E-state index contributed by atoms with van der Waals surface area (Å²) < 4.78 is 715. The Morgan fingerprint density at radius 2 is 0.320 bits per heavy atom. The van der Waals surface area contributed by atoms with Gasteiger partial charge in [0, 0.05) is 51.2 Å². The zero-order valence-electron chi connectivity index (χ0n) is 47.1. The molecule has 3 aromatic carbocycles. The van der Waals surface area contributed by atoms with Crippen LogP contribution < -0.4 is 15.9 Å². The van der Waals surface area contributed by atoms with Gasteiger partial charge in [-0.15, -0.1) is 35.3 Å². The summed E-state index contributed by atoms with van der Waals surface area (Å²) in [6, 6.07) is 6.30. The Labute approximate surface area is 549 Å². The van der Waals surface area contributed by atoms with Crippen LogP contribution in [-0.2, 0) is 0 Å². The van der Waals surface area contributed by atoms with E-state index >= 15 is 26.3 Å². The van der Waals surface area contributed by atoms with E-state index in [1.54, 1.807) is 0 Å². The fourth-order valence-electron chi connectivity index (χ4n) is 7.61. The average molecular weight is 1700 g/mol. The predicted molar refractivity (Wildman–Crippen MR) is 253 cm³/mol. The van der Waals surface area contributed by atoms with E-state index in [1.807, 2.05) is 0 Å². The first-order valence-corrected chi connectivity index (χ1v) is 29.4. The molecule has 0 fully saturated rings. The van der Waals surface area contributed by atoms with Crippen molar-refractivity contribution in [3.63, 3.8) is 0 Å². The number of halogens is 51. The fourth-order valence-corrected chi connectivity index (χ4v) is 14.3. The molecule has 0 aliphatic rings. The van der Waals surface area contributed by atoms with Crippen molar-refractivity contribution in [1.82, 2.24) is 0 Å². The van der Waals surface area contributed by atoms with Crippen LogP contribution in [0.3, 0.4) is 0 Å². The average Bonchev–Trinajstić information content (AvgIpc) is 0.706. The lowest BCUT2D eigenvalue weighted by molar-refractivity contribution is -0.461. The maximum atomic E-state index is 15.1. The van der Waals surface area contributed by atoms with Crippen molar-refractivity contribution in [3.05, 3.63) is 72.8 Å². The van der Waals surface area contributed by atoms with Gasteiger partial charge in [0.1, 0.15) is 0 Å². The molecule has 0 N–H and O–H groups in total. The molecule has 0 radical (unpaired) electrons. The first-order valence-electron chi connectivity index (χ1n) is 25.1. The van der Waals surface area contributed by atoms with Crippen molar-refractivity contribution in [1.29, 1.82) is 0 Å². The van der Waals surface area contributed by atoms with Gasteiger partial charge in [-0.05, 0) is 42.0 Å². The molecule has 3 rings (SSSR count). The second-order valence-corrected chi connectivity index (χ2v) is 26.0. The van der Waals surface area contributed by atoms with Gasteiger partial charge in [-0.3, -0.25) is 0 Å². The van der Waals surface area contributed by atoms with Gasteiger partial charge in [-0.2, -0.15) is 224 Å². The van der Waals surface area contributed by atoms with E-state index in [-0.39, 0.29) is 0 Å². The molecule has 0 atom stereocenters. The molecular weight excluding hydrogens is 1670 g/mol. The van der Waals surface area contributed by atoms with Crippen LogP contribution in [0.25, 0.3) is 0 Å². The number of hydrogen-bond donors (Lipinski definition) is 0. The molecule has 0 aliphatic heterocycles. The zero-order chi connectivity index (χ0) is 81.9. The molecule has 55 heteroatoms. The summed E-state index contributed by atoms with van der Waals surface area (Å²) in [6.45, 7) is 0. The van der Waals surface area contributed by atoms with Gasteiger partial charge in [-0.25, -0.2) is 0 Å². The number of benzene rings is 3. The van der Waals surface area contributed by atoms with Gasteiger partial charge in [0.25, 0.3) is 0 Å². The summed E-state index contributed by atoms with van der Waals surface area (Å²) in [7, 11) is -3.55. The molecule has 0 saturated heterocycles. The number of alkyl halides is 51. The molecule has 596 valence electrons. The molecule has 0 amide bonds. The first kappa shape index (κ1) is 92.8. The monoisotopic (exact) mass is 1700 g/mol. The summed E-state index contributed by atoms with van der Waals surface area (Å²) in [5.74, 6) is -188. The quantitative estimate of drug-likeness (QED) is 0.0339. The third kappa shape index (κ3) is 14.2. The Bertz CT molecular complexity index is 3060. The molecule has 3 aromatic rings. The van der Waals surface area contributed by atoms with Crippen molar-refractivity contribution >= 4 is 59.1 Å². The molecule has 0 unspecified atom stereocenters. The van der Waals surface area contributed by atoms with Crippen LogP contribution in [0.4, 0.5) is 224 Å². The maximum absolute atomic E-state index is 15.1. The highest BCUT2D eigenvalue weighted by atomic mass is 32.2. The highest BCUT2D eigenvalue weighted by molar-refractivity contribution is 8.02. The van der Waals surface area contributed by atoms with Crippen molar-refractivity contribution in [2.24, 2.45) is 0 Å². The van der Waals surface area contributed by atoms with Crippen molar-refractivity contribution in [3.8, 4) is 0 Å². The molecular formula is C48H24F51PS3. The highest BCUT2D eigenvalue weighted by Gasteiger charge is 2.98. The van der Waals surface area contributed by atoms with E-state index in [0.29, 0.717) is 72.8 Å². The molecule has 0 spiro atoms. The summed E-state index contributed by atoms with van der Waals surface area (Å²) in [4.78, 5) is -3.25. The standard InChI is InChI=1S/C48H24F51PS3/c49-25(50,28(55,56)31(61,62)34(67,68)37(73,74)40(79,80)43(85,86)46(91,92)93)13-16-101-22-10-4-1-7-19(22)100(20-8-2-5-11-23(20)102-17-14-26(51,52)29(57,58)32(63,64)35(69,70)38(75,76)41(81,82)44(87,88)47(94,95)96)21-9-3-6-12-24(21)103-18-15-27(53,54)30(59,60)33(65,66)36(71,72)39(77,78)42(83,84)45(89,90)48(97,98)99/h1-12H,13-18H2. The van der Waals surface area contributed by atoms with Gasteiger partial charge in [-0.1, -0.05) is 54.6 Å². The van der Waals surface area contributed by atoms with Gasteiger partial charge in [0.05, 0.1) is 0 Å². The Hall–Kier alpha value is -4.43. The zero-order valence-corrected chi connectivity index (χ0v) is 50.5. The first-order chi connectivity index (χ1) is 45.0. The van der Waals surface area contributed by atoms with Crippen LogP contribution in [0.1, 0.15) is 19.3 Å². The van der Waals surface area contributed by atoms with E-state index in [0.717, 1.165) is 0 Å². The van der Waals surface area contributed by atoms with Gasteiger partial charge in [0.15, 0.2) is 0 Å². The molecule has 0 nitrogen and oxygen atoms in total. The third-order valence-corrected chi connectivity index (χ3v) is 20.0. The highest BCUT2D eigenvalue weighted by Crippen LogP contribution is 2.69. The molecule has 0 bridgehead atoms. The summed E-state index contributed by atoms with van der Waals surface area (Å²) >= 11 is -1.92. The molecule has 0 aromatic heterocycles. The Balaban J connectivity index is 2.32. The van der Waals surface area contributed by atoms with Gasteiger partial charge >= 0.3 is 143 Å². The largest absolute Gasteiger partial charge is 0.460 e. The number of thioether (sulfide) groups is 3. The van der Waals surface area contributed by atoms with Crippen LogP contribution in [0, 0.1) is 0 Å². The minimum Gasteiger partial charge on any atom is -0.200 e. The minimum absolute atomic E-state index is 0.411. The van der Waals surface area contributed by atoms with E-state index in [9.17, 15) is 198 Å². The van der Waals surface area contributed by atoms with Crippen LogP contribution in [0.15, 0.2) is 87.5 Å². The van der Waals surface area contributed by atoms with E-state index < -0.39 is 253 Å². The smallest absolute Gasteiger partial charge is 0.200 e. The van der Waals surface area contributed by atoms with Crippen molar-refractivity contribution < 1.29 is 224 Å². The molecule has 0 aliphatic carbocycles. The van der Waals surface area contributed by atoms with Crippen molar-refractivity contribution in [2.45, 2.75) is 177 Å². The summed E-state index contributed by atoms with van der Waals surface area (Å²) in [5, 5.41) is -2.91. The summed E-state index contributed by atoms with van der Waals surface area (Å²) in [6.07, 6.45) is -34.5. The van der Waals surface area contributed by atoms with E-state index in [4.69, 9.17) is 0 Å². The molecule has 103 heavy (non-hydrogen) atoms. The molecule has 0 saturated carbocycles. The maximum Gasteiger partial charge on any atom is 0.460 e. The number of rotatable bonds is 33. The Morgan fingerprint density at radius 1 is 0.184 bits per heavy atom. The van der Waals surface area contributed by atoms with Gasteiger partial charge in [0.2, 0.25) is 0 Å². The normalized spacial score (nSPS) is 16.0. The van der Waals surface area contributed by atoms with Crippen LogP contribution >= 0.6 is 43.2 Å². The Kier molecular flexibility index (Phi) is 24.9. The predicted octanol–water partition coefficient (Wildman–Crippen LogP) is 22.9. The lowest BCUT2D eigenvalue weighted by atomic mass is 9.88. The minimum atomic E-state index is -9.15. The topological polar surface area (TPSA) is 0 Å².